The summed E-state index contributed by atoms with van der Waals surface area (Å²) in [6, 6.07) is 9.83. The molecule has 1 heterocycles. The molecule has 0 fully saturated rings. The second-order valence-electron chi connectivity index (χ2n) is 4.04. The van der Waals surface area contributed by atoms with Gasteiger partial charge in [-0.1, -0.05) is 12.1 Å². The third kappa shape index (κ3) is 2.82. The molecule has 0 saturated carbocycles. The lowest BCUT2D eigenvalue weighted by molar-refractivity contribution is 0.475. The number of pyridine rings is 1. The summed E-state index contributed by atoms with van der Waals surface area (Å²) in [5.41, 5.74) is 8.74. The first kappa shape index (κ1) is 11.6. The van der Waals surface area contributed by atoms with E-state index in [0.29, 0.717) is 6.54 Å². The van der Waals surface area contributed by atoms with Gasteiger partial charge in [-0.15, -0.1) is 0 Å². The van der Waals surface area contributed by atoms with E-state index < -0.39 is 0 Å². The minimum absolute atomic E-state index is 0.517. The molecule has 88 valence electrons. The Morgan fingerprint density at radius 1 is 1.18 bits per heavy atom. The molecule has 0 amide bonds. The zero-order chi connectivity index (χ0) is 12.3. The summed E-state index contributed by atoms with van der Waals surface area (Å²) < 4.78 is 5.79. The number of nitrogens with zero attached hydrogens (tertiary/aromatic N) is 1. The standard InChI is InChI=1S/C14H16N2O/c1-10-3-5-12(8-15)7-14(10)17-13-6-4-11(2)16-9-13/h3-7,9H,8,15H2,1-2H3. The third-order valence-electron chi connectivity index (χ3n) is 2.60. The predicted molar refractivity (Wildman–Crippen MR) is 68.1 cm³/mol. The van der Waals surface area contributed by atoms with Crippen LogP contribution < -0.4 is 10.5 Å². The van der Waals surface area contributed by atoms with Crippen molar-refractivity contribution in [2.45, 2.75) is 20.4 Å². The van der Waals surface area contributed by atoms with Crippen LogP contribution in [0.2, 0.25) is 0 Å². The minimum Gasteiger partial charge on any atom is -0.455 e. The molecule has 0 radical (unpaired) electrons. The summed E-state index contributed by atoms with van der Waals surface area (Å²) in [7, 11) is 0. The molecule has 0 atom stereocenters. The van der Waals surface area contributed by atoms with Gasteiger partial charge < -0.3 is 10.5 Å². The largest absolute Gasteiger partial charge is 0.455 e. The molecule has 0 unspecified atom stereocenters. The van der Waals surface area contributed by atoms with Crippen molar-refractivity contribution in [3.63, 3.8) is 0 Å². The van der Waals surface area contributed by atoms with Gasteiger partial charge in [0.15, 0.2) is 0 Å². The van der Waals surface area contributed by atoms with E-state index in [1.165, 1.54) is 0 Å². The Morgan fingerprint density at radius 2 is 2.00 bits per heavy atom. The van der Waals surface area contributed by atoms with Crippen LogP contribution in [0.1, 0.15) is 16.8 Å². The number of hydrogen-bond donors (Lipinski definition) is 1. The second-order valence-corrected chi connectivity index (χ2v) is 4.04. The lowest BCUT2D eigenvalue weighted by atomic mass is 10.1. The number of hydrogen-bond acceptors (Lipinski definition) is 3. The SMILES string of the molecule is Cc1ccc(Oc2cc(CN)ccc2C)cn1. The van der Waals surface area contributed by atoms with Gasteiger partial charge in [0, 0.05) is 12.2 Å². The zero-order valence-corrected chi connectivity index (χ0v) is 10.1. The van der Waals surface area contributed by atoms with Gasteiger partial charge in [0.05, 0.1) is 6.20 Å². The highest BCUT2D eigenvalue weighted by Crippen LogP contribution is 2.25. The van der Waals surface area contributed by atoms with E-state index in [0.717, 1.165) is 28.3 Å². The highest BCUT2D eigenvalue weighted by Gasteiger charge is 2.03. The molecule has 0 aliphatic carbocycles. The topological polar surface area (TPSA) is 48.1 Å². The van der Waals surface area contributed by atoms with Crippen LogP contribution in [-0.2, 0) is 6.54 Å². The molecule has 1 aromatic carbocycles. The molecule has 0 spiro atoms. The molecule has 0 saturated heterocycles. The molecule has 3 heteroatoms. The fourth-order valence-electron chi connectivity index (χ4n) is 1.52. The highest BCUT2D eigenvalue weighted by atomic mass is 16.5. The Bertz CT molecular complexity index is 506. The van der Waals surface area contributed by atoms with E-state index in [4.69, 9.17) is 10.5 Å². The van der Waals surface area contributed by atoms with E-state index >= 15 is 0 Å². The smallest absolute Gasteiger partial charge is 0.145 e. The van der Waals surface area contributed by atoms with Crippen LogP contribution in [0.15, 0.2) is 36.5 Å². The molecular weight excluding hydrogens is 212 g/mol. The summed E-state index contributed by atoms with van der Waals surface area (Å²) >= 11 is 0. The molecule has 2 aromatic rings. The monoisotopic (exact) mass is 228 g/mol. The maximum Gasteiger partial charge on any atom is 0.145 e. The van der Waals surface area contributed by atoms with Crippen LogP contribution in [0.4, 0.5) is 0 Å². The number of benzene rings is 1. The first-order valence-electron chi connectivity index (χ1n) is 5.59. The van der Waals surface area contributed by atoms with Crippen molar-refractivity contribution in [1.82, 2.24) is 4.98 Å². The molecule has 3 nitrogen and oxygen atoms in total. The normalized spacial score (nSPS) is 10.3. The van der Waals surface area contributed by atoms with E-state index in [1.54, 1.807) is 6.20 Å². The van der Waals surface area contributed by atoms with Crippen LogP contribution >= 0.6 is 0 Å². The first-order chi connectivity index (χ1) is 8.19. The van der Waals surface area contributed by atoms with Crippen molar-refractivity contribution in [2.75, 3.05) is 0 Å². The van der Waals surface area contributed by atoms with Crippen molar-refractivity contribution in [3.8, 4) is 11.5 Å². The quantitative estimate of drug-likeness (QED) is 0.878. The van der Waals surface area contributed by atoms with Gasteiger partial charge in [0.25, 0.3) is 0 Å². The number of aryl methyl sites for hydroxylation is 2. The number of aromatic nitrogens is 1. The average molecular weight is 228 g/mol. The Labute approximate surface area is 101 Å². The van der Waals surface area contributed by atoms with Gasteiger partial charge in [-0.3, -0.25) is 4.98 Å². The third-order valence-corrected chi connectivity index (χ3v) is 2.60. The summed E-state index contributed by atoms with van der Waals surface area (Å²) in [5.74, 6) is 1.58. The van der Waals surface area contributed by atoms with E-state index in [9.17, 15) is 0 Å². The van der Waals surface area contributed by atoms with Gasteiger partial charge in [-0.2, -0.15) is 0 Å². The number of nitrogens with two attached hydrogens (primary N) is 1. The van der Waals surface area contributed by atoms with Crippen LogP contribution in [0.3, 0.4) is 0 Å². The fraction of sp³-hybridized carbons (Fsp3) is 0.214. The van der Waals surface area contributed by atoms with Crippen molar-refractivity contribution >= 4 is 0 Å². The Kier molecular flexibility index (Phi) is 3.40. The zero-order valence-electron chi connectivity index (χ0n) is 10.1. The van der Waals surface area contributed by atoms with Crippen molar-refractivity contribution < 1.29 is 4.74 Å². The molecule has 2 rings (SSSR count). The molecule has 0 aliphatic heterocycles. The summed E-state index contributed by atoms with van der Waals surface area (Å²) in [6.45, 7) is 4.48. The van der Waals surface area contributed by atoms with E-state index in [1.807, 2.05) is 44.2 Å². The van der Waals surface area contributed by atoms with Crippen molar-refractivity contribution in [3.05, 3.63) is 53.3 Å². The van der Waals surface area contributed by atoms with Crippen LogP contribution in [0.5, 0.6) is 11.5 Å². The van der Waals surface area contributed by atoms with Crippen LogP contribution in [0.25, 0.3) is 0 Å². The van der Waals surface area contributed by atoms with Crippen molar-refractivity contribution in [2.24, 2.45) is 5.73 Å². The van der Waals surface area contributed by atoms with Gasteiger partial charge >= 0.3 is 0 Å². The van der Waals surface area contributed by atoms with Gasteiger partial charge in [0.1, 0.15) is 11.5 Å². The number of rotatable bonds is 3. The summed E-state index contributed by atoms with van der Waals surface area (Å²) in [4.78, 5) is 4.20. The van der Waals surface area contributed by atoms with Crippen molar-refractivity contribution in [1.29, 1.82) is 0 Å². The second kappa shape index (κ2) is 4.97. The Balaban J connectivity index is 2.25. The number of ether oxygens (including phenoxy) is 1. The molecule has 17 heavy (non-hydrogen) atoms. The van der Waals surface area contributed by atoms with Gasteiger partial charge in [-0.25, -0.2) is 0 Å². The molecule has 1 aromatic heterocycles. The Hall–Kier alpha value is -1.87. The van der Waals surface area contributed by atoms with Gasteiger partial charge in [-0.05, 0) is 43.2 Å². The lowest BCUT2D eigenvalue weighted by Crippen LogP contribution is -1.97. The van der Waals surface area contributed by atoms with E-state index in [2.05, 4.69) is 4.98 Å². The van der Waals surface area contributed by atoms with Crippen LogP contribution in [-0.4, -0.2) is 4.98 Å². The lowest BCUT2D eigenvalue weighted by Gasteiger charge is -2.10. The van der Waals surface area contributed by atoms with E-state index in [-0.39, 0.29) is 0 Å². The van der Waals surface area contributed by atoms with Crippen LogP contribution in [0, 0.1) is 13.8 Å². The summed E-state index contributed by atoms with van der Waals surface area (Å²) in [5, 5.41) is 0. The van der Waals surface area contributed by atoms with Gasteiger partial charge in [0.2, 0.25) is 0 Å². The summed E-state index contributed by atoms with van der Waals surface area (Å²) in [6.07, 6.45) is 1.73. The molecule has 0 bridgehead atoms. The average Bonchev–Trinajstić information content (AvgIpc) is 2.35. The molecule has 2 N–H and O–H groups in total. The maximum atomic E-state index is 5.79. The fourth-order valence-corrected chi connectivity index (χ4v) is 1.52. The Morgan fingerprint density at radius 3 is 2.65 bits per heavy atom. The first-order valence-corrected chi connectivity index (χ1v) is 5.59. The molecule has 0 aliphatic rings. The maximum absolute atomic E-state index is 5.79. The predicted octanol–water partition coefficient (Wildman–Crippen LogP) is 2.95. The minimum atomic E-state index is 0.517. The molecular formula is C14H16N2O. The highest BCUT2D eigenvalue weighted by molar-refractivity contribution is 5.39.